The minimum atomic E-state index is -1.17. The highest BCUT2D eigenvalue weighted by molar-refractivity contribution is 5.99. The largest absolute Gasteiger partial charge is 0.487 e. The molecule has 2 aromatic rings. The quantitative estimate of drug-likeness (QED) is 0.514. The van der Waals surface area contributed by atoms with Gasteiger partial charge in [0, 0.05) is 49.4 Å². The number of hydrogen-bond donors (Lipinski definition) is 1. The van der Waals surface area contributed by atoms with Crippen LogP contribution in [0.3, 0.4) is 0 Å². The first-order chi connectivity index (χ1) is 19.1. The van der Waals surface area contributed by atoms with Gasteiger partial charge in [-0.2, -0.15) is 0 Å². The topological polar surface area (TPSA) is 102 Å². The summed E-state index contributed by atoms with van der Waals surface area (Å²) in [4.78, 5) is 48.4. The smallest absolute Gasteiger partial charge is 0.274 e. The van der Waals surface area contributed by atoms with E-state index in [1.807, 2.05) is 20.8 Å². The molecule has 1 fully saturated rings. The Bertz CT molecular complexity index is 1440. The van der Waals surface area contributed by atoms with Gasteiger partial charge in [0.15, 0.2) is 17.0 Å². The van der Waals surface area contributed by atoms with Crippen molar-refractivity contribution >= 4 is 17.5 Å². The molecule has 9 nitrogen and oxygen atoms in total. The van der Waals surface area contributed by atoms with E-state index in [2.05, 4.69) is 10.5 Å². The van der Waals surface area contributed by atoms with Crippen LogP contribution in [0.2, 0.25) is 0 Å². The molecule has 1 saturated heterocycles. The zero-order valence-corrected chi connectivity index (χ0v) is 22.6. The predicted octanol–water partition coefficient (Wildman–Crippen LogP) is 4.09. The summed E-state index contributed by atoms with van der Waals surface area (Å²) in [6.45, 7) is 5.54. The standard InChI is InChI=1S/C28H31F3N4O5/c1-4-5-8-39-25-23-27(38)34-14-22(28(7-6-16(34)3)11-15(2)33-40-28)35(23)13-19(24(25)36)26(37)32-12-18-20(30)9-17(29)10-21(18)31/h9-10,13,16,22H,4-8,11-12,14H2,1-3H3,(H,32,37)/t16-,22+,28-/m0/s1. The first-order valence-electron chi connectivity index (χ1n) is 13.4. The molecule has 0 aliphatic carbocycles. The van der Waals surface area contributed by atoms with Gasteiger partial charge in [0.05, 0.1) is 18.4 Å². The molecular weight excluding hydrogens is 529 g/mol. The Kier molecular flexibility index (Phi) is 7.36. The number of rotatable bonds is 7. The van der Waals surface area contributed by atoms with Crippen LogP contribution in [0.5, 0.6) is 5.75 Å². The lowest BCUT2D eigenvalue weighted by Crippen LogP contribution is -2.52. The van der Waals surface area contributed by atoms with Gasteiger partial charge in [-0.15, -0.1) is 0 Å². The number of carbonyl (C=O) groups is 2. The Balaban J connectivity index is 1.60. The molecule has 5 rings (SSSR count). The highest BCUT2D eigenvalue weighted by atomic mass is 19.1. The van der Waals surface area contributed by atoms with Crippen LogP contribution in [-0.4, -0.2) is 51.8 Å². The van der Waals surface area contributed by atoms with Crippen LogP contribution in [-0.2, 0) is 11.4 Å². The Morgan fingerprint density at radius 2 is 1.98 bits per heavy atom. The second kappa shape index (κ2) is 10.6. The summed E-state index contributed by atoms with van der Waals surface area (Å²) in [7, 11) is 0. The molecule has 1 spiro atoms. The monoisotopic (exact) mass is 560 g/mol. The maximum absolute atomic E-state index is 14.2. The minimum absolute atomic E-state index is 0.0332. The number of nitrogens with one attached hydrogen (secondary N) is 1. The highest BCUT2D eigenvalue weighted by Gasteiger charge is 2.53. The van der Waals surface area contributed by atoms with E-state index in [9.17, 15) is 27.6 Å². The molecule has 12 heteroatoms. The van der Waals surface area contributed by atoms with Crippen molar-refractivity contribution in [1.82, 2.24) is 14.8 Å². The summed E-state index contributed by atoms with van der Waals surface area (Å²) in [6.07, 6.45) is 4.42. The Morgan fingerprint density at radius 1 is 1.25 bits per heavy atom. The number of amides is 2. The maximum Gasteiger partial charge on any atom is 0.274 e. The fourth-order valence-electron chi connectivity index (χ4n) is 5.73. The van der Waals surface area contributed by atoms with Gasteiger partial charge in [-0.05, 0) is 33.1 Å². The van der Waals surface area contributed by atoms with Crippen LogP contribution in [0, 0.1) is 17.5 Å². The Hall–Kier alpha value is -3.83. The number of carbonyl (C=O) groups excluding carboxylic acids is 2. The molecule has 1 N–H and O–H groups in total. The van der Waals surface area contributed by atoms with Gasteiger partial charge >= 0.3 is 0 Å². The normalized spacial score (nSPS) is 23.4. The van der Waals surface area contributed by atoms with E-state index in [4.69, 9.17) is 9.57 Å². The predicted molar refractivity (Wildman–Crippen MR) is 139 cm³/mol. The summed E-state index contributed by atoms with van der Waals surface area (Å²) >= 11 is 0. The number of ether oxygens (including phenoxy) is 1. The van der Waals surface area contributed by atoms with E-state index >= 15 is 0 Å². The van der Waals surface area contributed by atoms with Crippen molar-refractivity contribution in [3.05, 3.63) is 62.8 Å². The number of hydrogen-bond acceptors (Lipinski definition) is 6. The molecule has 1 aromatic carbocycles. The van der Waals surface area contributed by atoms with Crippen LogP contribution in [0.25, 0.3) is 0 Å². The number of aromatic nitrogens is 1. The molecule has 3 aliphatic heterocycles. The van der Waals surface area contributed by atoms with Gasteiger partial charge in [0.25, 0.3) is 11.8 Å². The molecule has 3 aliphatic rings. The summed E-state index contributed by atoms with van der Waals surface area (Å²) in [5, 5.41) is 6.55. The lowest BCUT2D eigenvalue weighted by atomic mass is 9.84. The lowest BCUT2D eigenvalue weighted by Gasteiger charge is -2.42. The molecule has 1 aromatic heterocycles. The van der Waals surface area contributed by atoms with E-state index in [-0.39, 0.29) is 42.1 Å². The van der Waals surface area contributed by atoms with Crippen molar-refractivity contribution in [2.45, 2.75) is 77.1 Å². The molecule has 3 atom stereocenters. The van der Waals surface area contributed by atoms with E-state index in [1.54, 1.807) is 9.47 Å². The molecule has 214 valence electrons. The molecule has 0 unspecified atom stereocenters. The number of oxime groups is 1. The molecule has 40 heavy (non-hydrogen) atoms. The van der Waals surface area contributed by atoms with Gasteiger partial charge in [-0.25, -0.2) is 13.2 Å². The Labute approximate surface area is 228 Å². The molecule has 2 amide bonds. The number of halogens is 3. The number of fused-ring (bicyclic) bond motifs is 5. The maximum atomic E-state index is 14.2. The lowest BCUT2D eigenvalue weighted by molar-refractivity contribution is -0.0656. The van der Waals surface area contributed by atoms with Crippen LogP contribution in [0.1, 0.15) is 85.3 Å². The minimum Gasteiger partial charge on any atom is -0.487 e. The first kappa shape index (κ1) is 27.7. The van der Waals surface area contributed by atoms with Crippen molar-refractivity contribution in [3.8, 4) is 5.75 Å². The van der Waals surface area contributed by atoms with Crippen LogP contribution >= 0.6 is 0 Å². The van der Waals surface area contributed by atoms with Crippen molar-refractivity contribution in [1.29, 1.82) is 0 Å². The zero-order valence-electron chi connectivity index (χ0n) is 22.6. The fraction of sp³-hybridized carbons (Fsp3) is 0.500. The third-order valence-corrected chi connectivity index (χ3v) is 7.94. The second-order valence-electron chi connectivity index (χ2n) is 10.7. The van der Waals surface area contributed by atoms with Crippen molar-refractivity contribution in [2.75, 3.05) is 13.2 Å². The van der Waals surface area contributed by atoms with Crippen LogP contribution in [0.4, 0.5) is 13.2 Å². The number of unbranched alkanes of at least 4 members (excludes halogenated alkanes) is 1. The first-order valence-corrected chi connectivity index (χ1v) is 13.4. The number of nitrogens with zero attached hydrogens (tertiary/aromatic N) is 3. The fourth-order valence-corrected chi connectivity index (χ4v) is 5.73. The average Bonchev–Trinajstić information content (AvgIpc) is 3.23. The summed E-state index contributed by atoms with van der Waals surface area (Å²) in [6, 6.07) is 0.398. The Morgan fingerprint density at radius 3 is 2.62 bits per heavy atom. The number of pyridine rings is 1. The van der Waals surface area contributed by atoms with Crippen molar-refractivity contribution in [3.63, 3.8) is 0 Å². The van der Waals surface area contributed by atoms with Gasteiger partial charge in [-0.3, -0.25) is 14.4 Å². The number of benzene rings is 1. The average molecular weight is 561 g/mol. The van der Waals surface area contributed by atoms with Gasteiger partial charge < -0.3 is 24.4 Å². The van der Waals surface area contributed by atoms with Gasteiger partial charge in [-0.1, -0.05) is 18.5 Å². The summed E-state index contributed by atoms with van der Waals surface area (Å²) in [5.41, 5.74) is -1.70. The molecule has 0 saturated carbocycles. The molecular formula is C28H31F3N4O5. The highest BCUT2D eigenvalue weighted by Crippen LogP contribution is 2.46. The van der Waals surface area contributed by atoms with Crippen LogP contribution < -0.4 is 15.5 Å². The second-order valence-corrected chi connectivity index (χ2v) is 10.7. The third kappa shape index (κ3) is 4.73. The SMILES string of the molecule is CCCCOc1c2n(cc(C(=O)NCc3c(F)cc(F)cc3F)c1=O)[C@@H]1CN(C2=O)[C@@H](C)CC[C@]12CC(C)=NO2. The van der Waals surface area contributed by atoms with E-state index < -0.39 is 52.5 Å². The van der Waals surface area contributed by atoms with Crippen molar-refractivity contribution in [2.24, 2.45) is 5.16 Å². The van der Waals surface area contributed by atoms with E-state index in [0.29, 0.717) is 37.8 Å². The zero-order chi connectivity index (χ0) is 28.8. The van der Waals surface area contributed by atoms with E-state index in [0.717, 1.165) is 12.1 Å². The van der Waals surface area contributed by atoms with Gasteiger partial charge in [0.2, 0.25) is 5.43 Å². The molecule has 0 radical (unpaired) electrons. The summed E-state index contributed by atoms with van der Waals surface area (Å²) in [5.74, 6) is -4.99. The molecule has 2 bridgehead atoms. The third-order valence-electron chi connectivity index (χ3n) is 7.94. The van der Waals surface area contributed by atoms with Gasteiger partial charge in [0.1, 0.15) is 23.0 Å². The van der Waals surface area contributed by atoms with Crippen molar-refractivity contribution < 1.29 is 32.3 Å². The summed E-state index contributed by atoms with van der Waals surface area (Å²) < 4.78 is 49.1. The van der Waals surface area contributed by atoms with Crippen LogP contribution in [0.15, 0.2) is 28.3 Å². The molecule has 4 heterocycles. The van der Waals surface area contributed by atoms with E-state index in [1.165, 1.54) is 6.20 Å².